The highest BCUT2D eigenvalue weighted by atomic mass is 16.2. The molecular weight excluding hydrogens is 240 g/mol. The summed E-state index contributed by atoms with van der Waals surface area (Å²) in [6, 6.07) is 5.42. The van der Waals surface area contributed by atoms with Gasteiger partial charge < -0.3 is 16.0 Å². The van der Waals surface area contributed by atoms with Crippen molar-refractivity contribution < 1.29 is 4.79 Å². The van der Waals surface area contributed by atoms with Crippen molar-refractivity contribution in [3.05, 3.63) is 23.8 Å². The Balaban J connectivity index is 1.78. The van der Waals surface area contributed by atoms with Gasteiger partial charge in [0.05, 0.1) is 11.7 Å². The van der Waals surface area contributed by atoms with Gasteiger partial charge >= 0.3 is 0 Å². The largest absolute Gasteiger partial charge is 0.324 e. The van der Waals surface area contributed by atoms with Gasteiger partial charge in [-0.05, 0) is 31.2 Å². The van der Waals surface area contributed by atoms with Crippen LogP contribution in [0, 0.1) is 0 Å². The molecule has 1 amide bonds. The zero-order valence-electron chi connectivity index (χ0n) is 11.1. The number of rotatable bonds is 1. The van der Waals surface area contributed by atoms with Crippen LogP contribution in [0.3, 0.4) is 0 Å². The third-order valence-electron chi connectivity index (χ3n) is 4.06. The van der Waals surface area contributed by atoms with E-state index in [4.69, 9.17) is 5.73 Å². The third-order valence-corrected chi connectivity index (χ3v) is 4.06. The summed E-state index contributed by atoms with van der Waals surface area (Å²) in [7, 11) is 2.11. The fourth-order valence-corrected chi connectivity index (χ4v) is 2.82. The number of carbonyl (C=O) groups excluding carboxylic acids is 1. The second-order valence-electron chi connectivity index (χ2n) is 5.42. The van der Waals surface area contributed by atoms with Gasteiger partial charge in [-0.3, -0.25) is 9.69 Å². The Hall–Kier alpha value is -1.59. The molecule has 0 bridgehead atoms. The molecule has 5 nitrogen and oxygen atoms in total. The summed E-state index contributed by atoms with van der Waals surface area (Å²) in [4.78, 5) is 16.8. The van der Waals surface area contributed by atoms with Gasteiger partial charge in [-0.2, -0.15) is 0 Å². The second kappa shape index (κ2) is 4.83. The average Bonchev–Trinajstić information content (AvgIpc) is 2.39. The number of carbonyl (C=O) groups is 1. The molecule has 101 valence electrons. The zero-order valence-corrected chi connectivity index (χ0v) is 11.1. The maximum Gasteiger partial charge on any atom is 0.242 e. The minimum atomic E-state index is -0.0576. The molecule has 0 saturated carbocycles. The van der Waals surface area contributed by atoms with Crippen LogP contribution in [0.1, 0.15) is 5.56 Å². The standard InChI is InChI=1S/C14H19N4O/c1-17-4-6-18(7-5-17)13-8-10-2-3-11(15)9-12(10)16-14(13)19/h2-3,9,13,15H,4-8H2,1H3,(H,16,19). The van der Waals surface area contributed by atoms with E-state index in [0.29, 0.717) is 5.69 Å². The molecule has 1 radical (unpaired) electrons. The lowest BCUT2D eigenvalue weighted by atomic mass is 9.97. The first-order chi connectivity index (χ1) is 9.13. The zero-order chi connectivity index (χ0) is 13.4. The van der Waals surface area contributed by atoms with Crippen molar-refractivity contribution in [3.8, 4) is 0 Å². The lowest BCUT2D eigenvalue weighted by Gasteiger charge is -2.39. The summed E-state index contributed by atoms with van der Waals surface area (Å²) in [5.41, 5.74) is 9.99. The molecule has 2 N–H and O–H groups in total. The lowest BCUT2D eigenvalue weighted by Crippen LogP contribution is -2.54. The molecule has 1 aromatic rings. The van der Waals surface area contributed by atoms with Crippen LogP contribution < -0.4 is 11.1 Å². The van der Waals surface area contributed by atoms with Crippen molar-refractivity contribution in [2.24, 2.45) is 0 Å². The summed E-state index contributed by atoms with van der Waals surface area (Å²) >= 11 is 0. The topological polar surface area (TPSA) is 59.4 Å². The van der Waals surface area contributed by atoms with E-state index in [9.17, 15) is 4.79 Å². The Kier molecular flexibility index (Phi) is 3.16. The number of hydrogen-bond donors (Lipinski definition) is 1. The number of fused-ring (bicyclic) bond motifs is 1. The number of likely N-dealkylation sites (N-methyl/N-ethyl adjacent to an activating group) is 1. The normalized spacial score (nSPS) is 24.9. The van der Waals surface area contributed by atoms with E-state index >= 15 is 0 Å². The van der Waals surface area contributed by atoms with Gasteiger partial charge in [-0.1, -0.05) is 6.07 Å². The van der Waals surface area contributed by atoms with Gasteiger partial charge in [0.25, 0.3) is 0 Å². The van der Waals surface area contributed by atoms with Crippen molar-refractivity contribution in [2.45, 2.75) is 12.5 Å². The van der Waals surface area contributed by atoms with Crippen molar-refractivity contribution in [1.29, 1.82) is 0 Å². The predicted molar refractivity (Wildman–Crippen MR) is 74.4 cm³/mol. The van der Waals surface area contributed by atoms with Crippen molar-refractivity contribution in [2.75, 3.05) is 38.5 Å². The van der Waals surface area contributed by atoms with E-state index in [1.807, 2.05) is 6.07 Å². The maximum absolute atomic E-state index is 12.2. The number of nitrogens with one attached hydrogen (secondary N) is 2. The van der Waals surface area contributed by atoms with Crippen LogP contribution in [0.4, 0.5) is 11.4 Å². The molecule has 2 aliphatic heterocycles. The minimum Gasteiger partial charge on any atom is -0.324 e. The van der Waals surface area contributed by atoms with E-state index in [2.05, 4.69) is 22.2 Å². The fourth-order valence-electron chi connectivity index (χ4n) is 2.82. The summed E-state index contributed by atoms with van der Waals surface area (Å²) in [5, 5.41) is 2.95. The number of amides is 1. The van der Waals surface area contributed by atoms with Crippen LogP contribution >= 0.6 is 0 Å². The van der Waals surface area contributed by atoms with Gasteiger partial charge in [-0.15, -0.1) is 0 Å². The smallest absolute Gasteiger partial charge is 0.242 e. The van der Waals surface area contributed by atoms with Crippen molar-refractivity contribution >= 4 is 17.3 Å². The van der Waals surface area contributed by atoms with E-state index in [-0.39, 0.29) is 11.9 Å². The molecule has 0 aliphatic carbocycles. The summed E-state index contributed by atoms with van der Waals surface area (Å²) in [6.07, 6.45) is 0.755. The molecule has 0 aromatic heterocycles. The first kappa shape index (κ1) is 12.4. The quantitative estimate of drug-likeness (QED) is 0.808. The number of nitrogens with zero attached hydrogens (tertiary/aromatic N) is 2. The summed E-state index contributed by atoms with van der Waals surface area (Å²) in [6.45, 7) is 3.92. The van der Waals surface area contributed by atoms with Gasteiger partial charge in [0.2, 0.25) is 5.91 Å². The molecule has 1 atom stereocenters. The Bertz CT molecular complexity index is 494. The Morgan fingerprint density at radius 3 is 2.74 bits per heavy atom. The van der Waals surface area contributed by atoms with Gasteiger partial charge in [0, 0.05) is 31.9 Å². The number of hydrogen-bond acceptors (Lipinski definition) is 3. The van der Waals surface area contributed by atoms with E-state index in [1.54, 1.807) is 12.1 Å². The van der Waals surface area contributed by atoms with Crippen LogP contribution in [-0.4, -0.2) is 55.0 Å². The molecule has 2 aliphatic rings. The lowest BCUT2D eigenvalue weighted by molar-refractivity contribution is -0.122. The molecule has 5 heteroatoms. The average molecular weight is 259 g/mol. The van der Waals surface area contributed by atoms with Crippen LogP contribution in [0.2, 0.25) is 0 Å². The summed E-state index contributed by atoms with van der Waals surface area (Å²) in [5.74, 6) is 0.0719. The van der Waals surface area contributed by atoms with Crippen molar-refractivity contribution in [3.63, 3.8) is 0 Å². The fraction of sp³-hybridized carbons (Fsp3) is 0.500. The molecule has 1 fully saturated rings. The summed E-state index contributed by atoms with van der Waals surface area (Å²) < 4.78 is 0. The van der Waals surface area contributed by atoms with Crippen LogP contribution in [0.5, 0.6) is 0 Å². The monoisotopic (exact) mass is 259 g/mol. The maximum atomic E-state index is 12.2. The molecule has 19 heavy (non-hydrogen) atoms. The number of anilines is 1. The van der Waals surface area contributed by atoms with Gasteiger partial charge in [0.1, 0.15) is 0 Å². The number of benzene rings is 1. The molecular formula is C14H19N4O. The molecule has 2 heterocycles. The first-order valence-corrected chi connectivity index (χ1v) is 6.71. The number of piperazine rings is 1. The minimum absolute atomic E-state index is 0.0576. The third kappa shape index (κ3) is 2.43. The van der Waals surface area contributed by atoms with Crippen LogP contribution in [0.25, 0.3) is 0 Å². The van der Waals surface area contributed by atoms with E-state index < -0.39 is 0 Å². The Labute approximate surface area is 113 Å². The highest BCUT2D eigenvalue weighted by Gasteiger charge is 2.32. The highest BCUT2D eigenvalue weighted by Crippen LogP contribution is 2.27. The molecule has 1 saturated heterocycles. The van der Waals surface area contributed by atoms with Crippen LogP contribution in [-0.2, 0) is 11.2 Å². The van der Waals surface area contributed by atoms with E-state index in [0.717, 1.165) is 43.9 Å². The Morgan fingerprint density at radius 2 is 2.00 bits per heavy atom. The molecule has 1 unspecified atom stereocenters. The first-order valence-electron chi connectivity index (χ1n) is 6.71. The van der Waals surface area contributed by atoms with Gasteiger partial charge in [0.15, 0.2) is 0 Å². The Morgan fingerprint density at radius 1 is 1.26 bits per heavy atom. The molecule has 3 rings (SSSR count). The molecule has 0 spiro atoms. The van der Waals surface area contributed by atoms with E-state index in [1.165, 1.54) is 0 Å². The van der Waals surface area contributed by atoms with Crippen molar-refractivity contribution in [1.82, 2.24) is 15.5 Å². The highest BCUT2D eigenvalue weighted by molar-refractivity contribution is 5.98. The molecule has 1 aromatic carbocycles. The van der Waals surface area contributed by atoms with Gasteiger partial charge in [-0.25, -0.2) is 0 Å². The second-order valence-corrected chi connectivity index (χ2v) is 5.42. The predicted octanol–water partition coefficient (Wildman–Crippen LogP) is 0.712. The van der Waals surface area contributed by atoms with Crippen LogP contribution in [0.15, 0.2) is 18.2 Å². The SMILES string of the molecule is CN1CCN(C2Cc3ccc([NH])cc3NC2=O)CC1.